The Bertz CT molecular complexity index is 652. The number of amides is 3. The van der Waals surface area contributed by atoms with Gasteiger partial charge in [-0.1, -0.05) is 13.8 Å². The summed E-state index contributed by atoms with van der Waals surface area (Å²) in [7, 11) is 0. The zero-order valence-corrected chi connectivity index (χ0v) is 21.3. The highest BCUT2D eigenvalue weighted by molar-refractivity contribution is 5.82. The maximum atomic E-state index is 12.9. The fourth-order valence-corrected chi connectivity index (χ4v) is 3.18. The molecule has 192 valence electrons. The molecule has 0 radical (unpaired) electrons. The van der Waals surface area contributed by atoms with E-state index in [4.69, 9.17) is 14.2 Å². The number of rotatable bonds is 7. The number of nitrogens with zero attached hydrogens (tertiary/aromatic N) is 2. The monoisotopic (exact) mass is 474 g/mol. The molecule has 0 aromatic heterocycles. The van der Waals surface area contributed by atoms with Crippen molar-refractivity contribution >= 4 is 18.1 Å². The Morgan fingerprint density at radius 3 is 2.06 bits per heavy atom. The molecule has 1 heterocycles. The van der Waals surface area contributed by atoms with E-state index in [0.29, 0.717) is 26.3 Å². The topological polar surface area (TPSA) is 130 Å². The van der Waals surface area contributed by atoms with Gasteiger partial charge >= 0.3 is 12.2 Å². The first-order chi connectivity index (χ1) is 15.1. The number of ether oxygens (including phenoxy) is 3. The lowest BCUT2D eigenvalue weighted by atomic mass is 9.97. The molecule has 0 aliphatic carbocycles. The molecule has 1 rings (SSSR count). The molecule has 1 unspecified atom stereocenters. The number of hydrazine groups is 1. The van der Waals surface area contributed by atoms with Crippen molar-refractivity contribution in [3.63, 3.8) is 0 Å². The van der Waals surface area contributed by atoms with E-state index in [-0.39, 0.29) is 0 Å². The molecule has 0 bridgehead atoms. The highest BCUT2D eigenvalue weighted by atomic mass is 16.6. The van der Waals surface area contributed by atoms with E-state index in [1.807, 2.05) is 0 Å². The van der Waals surface area contributed by atoms with Gasteiger partial charge in [-0.25, -0.2) is 20.0 Å². The number of aliphatic hydroxyl groups excluding tert-OH is 1. The average molecular weight is 475 g/mol. The Kier molecular flexibility index (Phi) is 10.9. The van der Waals surface area contributed by atoms with E-state index < -0.39 is 47.4 Å². The Labute approximate surface area is 197 Å². The number of hydrogen-bond acceptors (Lipinski definition) is 8. The average Bonchev–Trinajstić information content (AvgIpc) is 2.65. The summed E-state index contributed by atoms with van der Waals surface area (Å²) in [5.74, 6) is -1.06. The number of nitrogens with one attached hydrogen (secondary N) is 2. The number of aliphatic hydroxyl groups is 1. The molecule has 1 aliphatic rings. The second-order valence-electron chi connectivity index (χ2n) is 10.4. The summed E-state index contributed by atoms with van der Waals surface area (Å²) in [5.41, 5.74) is 0.680. The van der Waals surface area contributed by atoms with Gasteiger partial charge in [0.05, 0.1) is 19.3 Å². The van der Waals surface area contributed by atoms with Crippen molar-refractivity contribution in [1.82, 2.24) is 20.7 Å². The van der Waals surface area contributed by atoms with Crippen molar-refractivity contribution in [2.75, 3.05) is 39.4 Å². The lowest BCUT2D eigenvalue weighted by Gasteiger charge is -2.37. The molecule has 11 heteroatoms. The summed E-state index contributed by atoms with van der Waals surface area (Å²) in [5, 5.41) is 14.4. The summed E-state index contributed by atoms with van der Waals surface area (Å²) in [6, 6.07) is -1.10. The molecular formula is C22H42N4O7. The van der Waals surface area contributed by atoms with Crippen LogP contribution in [0.2, 0.25) is 0 Å². The van der Waals surface area contributed by atoms with Crippen LogP contribution in [-0.4, -0.2) is 95.8 Å². The zero-order chi connectivity index (χ0) is 25.4. The molecule has 1 saturated heterocycles. The molecule has 3 N–H and O–H groups in total. The molecule has 0 aromatic carbocycles. The molecule has 1 fully saturated rings. The number of hydrogen-bond donors (Lipinski definition) is 3. The van der Waals surface area contributed by atoms with Gasteiger partial charge in [0.2, 0.25) is 0 Å². The van der Waals surface area contributed by atoms with Crippen LogP contribution in [0.25, 0.3) is 0 Å². The Balaban J connectivity index is 2.95. The van der Waals surface area contributed by atoms with E-state index in [0.717, 1.165) is 18.1 Å². The number of carbonyl (C=O) groups excluding carboxylic acids is 3. The minimum atomic E-state index is -1.61. The van der Waals surface area contributed by atoms with Crippen LogP contribution >= 0.6 is 0 Å². The fraction of sp³-hybridized carbons (Fsp3) is 0.864. The lowest BCUT2D eigenvalue weighted by molar-refractivity contribution is -0.135. The summed E-state index contributed by atoms with van der Waals surface area (Å²) in [6.45, 7) is 17.3. The zero-order valence-electron chi connectivity index (χ0n) is 21.3. The Hall–Kier alpha value is -2.11. The van der Waals surface area contributed by atoms with Gasteiger partial charge in [0, 0.05) is 26.2 Å². The smallest absolute Gasteiger partial charge is 0.429 e. The first-order valence-corrected chi connectivity index (χ1v) is 11.4. The van der Waals surface area contributed by atoms with Crippen LogP contribution in [0, 0.1) is 5.92 Å². The lowest BCUT2D eigenvalue weighted by Crippen LogP contribution is -2.62. The van der Waals surface area contributed by atoms with Crippen molar-refractivity contribution < 1.29 is 33.7 Å². The molecule has 33 heavy (non-hydrogen) atoms. The van der Waals surface area contributed by atoms with Crippen molar-refractivity contribution in [2.45, 2.75) is 78.7 Å². The second-order valence-corrected chi connectivity index (χ2v) is 10.4. The predicted octanol–water partition coefficient (Wildman–Crippen LogP) is 1.50. The van der Waals surface area contributed by atoms with Crippen molar-refractivity contribution in [1.29, 1.82) is 0 Å². The van der Waals surface area contributed by atoms with Gasteiger partial charge in [0.1, 0.15) is 11.2 Å². The van der Waals surface area contributed by atoms with Gasteiger partial charge in [-0.05, 0) is 47.5 Å². The minimum Gasteiger partial charge on any atom is -0.443 e. The van der Waals surface area contributed by atoms with Gasteiger partial charge in [-0.3, -0.25) is 9.69 Å². The van der Waals surface area contributed by atoms with Gasteiger partial charge < -0.3 is 24.6 Å². The molecule has 0 saturated carbocycles. The van der Waals surface area contributed by atoms with Gasteiger partial charge in [-0.15, -0.1) is 0 Å². The first kappa shape index (κ1) is 28.9. The van der Waals surface area contributed by atoms with Crippen molar-refractivity contribution in [3.8, 4) is 0 Å². The third-order valence-corrected chi connectivity index (χ3v) is 4.61. The largest absolute Gasteiger partial charge is 0.443 e. The summed E-state index contributed by atoms with van der Waals surface area (Å²) in [4.78, 5) is 40.2. The maximum absolute atomic E-state index is 12.9. The fourth-order valence-electron chi connectivity index (χ4n) is 3.18. The first-order valence-electron chi connectivity index (χ1n) is 11.4. The van der Waals surface area contributed by atoms with Crippen LogP contribution in [0.4, 0.5) is 9.59 Å². The van der Waals surface area contributed by atoms with Crippen molar-refractivity contribution in [2.24, 2.45) is 5.92 Å². The van der Waals surface area contributed by atoms with E-state index in [9.17, 15) is 19.5 Å². The molecule has 1 aliphatic heterocycles. The quantitative estimate of drug-likeness (QED) is 0.473. The van der Waals surface area contributed by atoms with E-state index in [1.54, 1.807) is 55.4 Å². The highest BCUT2D eigenvalue weighted by Crippen LogP contribution is 2.19. The van der Waals surface area contributed by atoms with Crippen molar-refractivity contribution in [3.05, 3.63) is 0 Å². The highest BCUT2D eigenvalue weighted by Gasteiger charge is 2.40. The summed E-state index contributed by atoms with van der Waals surface area (Å²) >= 11 is 0. The molecule has 0 aromatic rings. The maximum Gasteiger partial charge on any atom is 0.429 e. The van der Waals surface area contributed by atoms with Crippen LogP contribution in [0.3, 0.4) is 0 Å². The van der Waals surface area contributed by atoms with Gasteiger partial charge in [0.15, 0.2) is 6.10 Å². The van der Waals surface area contributed by atoms with Crippen LogP contribution < -0.4 is 10.7 Å². The molecule has 2 atom stereocenters. The molecular weight excluding hydrogens is 432 g/mol. The number of carbonyl (C=O) groups is 3. The van der Waals surface area contributed by atoms with E-state index in [2.05, 4.69) is 15.6 Å². The van der Waals surface area contributed by atoms with Crippen LogP contribution in [0.5, 0.6) is 0 Å². The SMILES string of the molecule is CC(C)[C@H](C(O)C(=O)NCCN1CCOCC1)N(NC(=O)OC(C)(C)C)C(=O)OC(C)(C)C. The third-order valence-electron chi connectivity index (χ3n) is 4.61. The van der Waals surface area contributed by atoms with Crippen LogP contribution in [0.1, 0.15) is 55.4 Å². The minimum absolute atomic E-state index is 0.326. The third kappa shape index (κ3) is 11.0. The van der Waals surface area contributed by atoms with Gasteiger partial charge in [-0.2, -0.15) is 0 Å². The molecule has 0 spiro atoms. The number of morpholine rings is 1. The van der Waals surface area contributed by atoms with Crippen LogP contribution in [-0.2, 0) is 19.0 Å². The van der Waals surface area contributed by atoms with Crippen LogP contribution in [0.15, 0.2) is 0 Å². The summed E-state index contributed by atoms with van der Waals surface area (Å²) in [6.07, 6.45) is -3.43. The normalized spacial score (nSPS) is 17.2. The second kappa shape index (κ2) is 12.4. The molecule has 3 amide bonds. The summed E-state index contributed by atoms with van der Waals surface area (Å²) < 4.78 is 16.0. The Morgan fingerprint density at radius 2 is 1.58 bits per heavy atom. The molecule has 11 nitrogen and oxygen atoms in total. The predicted molar refractivity (Wildman–Crippen MR) is 122 cm³/mol. The van der Waals surface area contributed by atoms with E-state index in [1.165, 1.54) is 0 Å². The van der Waals surface area contributed by atoms with E-state index >= 15 is 0 Å². The Morgan fingerprint density at radius 1 is 1.03 bits per heavy atom. The standard InChI is InChI=1S/C22H42N4O7/c1-15(2)16(17(27)18(28)23-9-10-25-11-13-31-14-12-25)26(20(30)33-22(6,7)8)24-19(29)32-21(3,4)5/h15-17,27H,9-14H2,1-8H3,(H,23,28)(H,24,29)/t16-,17?/m1/s1. The van der Waals surface area contributed by atoms with Gasteiger partial charge in [0.25, 0.3) is 5.91 Å².